The third-order valence-corrected chi connectivity index (χ3v) is 3.64. The van der Waals surface area contributed by atoms with Crippen LogP contribution < -0.4 is 10.2 Å². The highest BCUT2D eigenvalue weighted by atomic mass is 32.2. The lowest BCUT2D eigenvalue weighted by atomic mass is 10.2. The molecule has 17 heavy (non-hydrogen) atoms. The molecule has 1 aromatic rings. The van der Waals surface area contributed by atoms with Crippen molar-refractivity contribution in [2.75, 3.05) is 30.3 Å². The zero-order valence-electron chi connectivity index (χ0n) is 9.69. The topological polar surface area (TPSA) is 32.3 Å². The van der Waals surface area contributed by atoms with Crippen molar-refractivity contribution in [1.29, 1.82) is 0 Å². The Morgan fingerprint density at radius 3 is 3.18 bits per heavy atom. The Hall–Kier alpha value is -1.26. The van der Waals surface area contributed by atoms with Crippen molar-refractivity contribution in [2.45, 2.75) is 4.90 Å². The Bertz CT molecular complexity index is 420. The summed E-state index contributed by atoms with van der Waals surface area (Å²) < 4.78 is 0. The Balaban J connectivity index is 2.07. The maximum absolute atomic E-state index is 12.1. The predicted octanol–water partition coefficient (Wildman–Crippen LogP) is 1.90. The van der Waals surface area contributed by atoms with Crippen molar-refractivity contribution in [2.24, 2.45) is 0 Å². The van der Waals surface area contributed by atoms with Crippen LogP contribution in [-0.2, 0) is 4.79 Å². The zero-order valence-corrected chi connectivity index (χ0v) is 10.5. The van der Waals surface area contributed by atoms with Crippen LogP contribution in [0.2, 0.25) is 0 Å². The fourth-order valence-electron chi connectivity index (χ4n) is 1.81. The summed E-state index contributed by atoms with van der Waals surface area (Å²) in [5.41, 5.74) is 1.04. The maximum atomic E-state index is 12.1. The van der Waals surface area contributed by atoms with Gasteiger partial charge in [0.25, 0.3) is 0 Å². The predicted molar refractivity (Wildman–Crippen MR) is 72.6 cm³/mol. The quantitative estimate of drug-likeness (QED) is 0.652. The van der Waals surface area contributed by atoms with Crippen molar-refractivity contribution < 1.29 is 4.79 Å². The minimum Gasteiger partial charge on any atom is -0.309 e. The van der Waals surface area contributed by atoms with E-state index in [2.05, 4.69) is 18.0 Å². The first-order valence-electron chi connectivity index (χ1n) is 5.66. The average Bonchev–Trinajstić information content (AvgIpc) is 2.38. The maximum Gasteiger partial charge on any atom is 0.241 e. The lowest BCUT2D eigenvalue weighted by Crippen LogP contribution is -2.41. The highest BCUT2D eigenvalue weighted by Crippen LogP contribution is 2.34. The summed E-state index contributed by atoms with van der Waals surface area (Å²) in [5, 5.41) is 3.05. The Morgan fingerprint density at radius 2 is 2.35 bits per heavy atom. The van der Waals surface area contributed by atoms with Gasteiger partial charge in [-0.05, 0) is 12.1 Å². The summed E-state index contributed by atoms with van der Waals surface area (Å²) in [6.07, 6.45) is 1.76. The molecule has 0 radical (unpaired) electrons. The zero-order chi connectivity index (χ0) is 12.1. The van der Waals surface area contributed by atoms with Gasteiger partial charge in [-0.2, -0.15) is 0 Å². The summed E-state index contributed by atoms with van der Waals surface area (Å²) in [6, 6.07) is 8.06. The summed E-state index contributed by atoms with van der Waals surface area (Å²) in [6.45, 7) is 5.43. The summed E-state index contributed by atoms with van der Waals surface area (Å²) in [4.78, 5) is 15.1. The number of carbonyl (C=O) groups is 1. The first-order valence-corrected chi connectivity index (χ1v) is 6.65. The second-order valence-electron chi connectivity index (χ2n) is 3.78. The second-order valence-corrected chi connectivity index (χ2v) is 4.92. The Labute approximate surface area is 106 Å². The molecule has 0 bridgehead atoms. The highest BCUT2D eigenvalue weighted by molar-refractivity contribution is 7.99. The van der Waals surface area contributed by atoms with Gasteiger partial charge in [0.2, 0.25) is 5.91 Å². The normalized spacial score (nSPS) is 14.2. The largest absolute Gasteiger partial charge is 0.309 e. The fourth-order valence-corrected chi connectivity index (χ4v) is 2.80. The van der Waals surface area contributed by atoms with Crippen LogP contribution in [0.4, 0.5) is 5.69 Å². The van der Waals surface area contributed by atoms with Gasteiger partial charge in [-0.15, -0.1) is 18.3 Å². The molecule has 0 unspecified atom stereocenters. The lowest BCUT2D eigenvalue weighted by Gasteiger charge is -2.29. The number of amides is 1. The van der Waals surface area contributed by atoms with Crippen LogP contribution in [0.3, 0.4) is 0 Å². The van der Waals surface area contributed by atoms with E-state index in [-0.39, 0.29) is 5.91 Å². The molecule has 2 rings (SSSR count). The van der Waals surface area contributed by atoms with Gasteiger partial charge in [-0.25, -0.2) is 0 Å². The van der Waals surface area contributed by atoms with Gasteiger partial charge in [-0.3, -0.25) is 4.79 Å². The van der Waals surface area contributed by atoms with E-state index in [4.69, 9.17) is 0 Å². The number of carbonyl (C=O) groups excluding carboxylic acids is 1. The number of nitrogens with zero attached hydrogens (tertiary/aromatic N) is 1. The van der Waals surface area contributed by atoms with Gasteiger partial charge >= 0.3 is 0 Å². The molecule has 1 amide bonds. The molecule has 4 heteroatoms. The van der Waals surface area contributed by atoms with E-state index in [1.165, 1.54) is 4.90 Å². The van der Waals surface area contributed by atoms with Crippen LogP contribution in [0.15, 0.2) is 41.8 Å². The van der Waals surface area contributed by atoms with Crippen LogP contribution in [0.5, 0.6) is 0 Å². The number of nitrogens with one attached hydrogen (secondary N) is 1. The van der Waals surface area contributed by atoms with E-state index in [9.17, 15) is 4.79 Å². The molecule has 0 aromatic heterocycles. The molecule has 0 saturated heterocycles. The molecule has 1 aliphatic heterocycles. The van der Waals surface area contributed by atoms with E-state index in [1.807, 2.05) is 34.9 Å². The van der Waals surface area contributed by atoms with Gasteiger partial charge in [0.1, 0.15) is 0 Å². The molecule has 1 aliphatic rings. The van der Waals surface area contributed by atoms with Crippen molar-refractivity contribution in [3.05, 3.63) is 36.9 Å². The molecule has 0 aliphatic carbocycles. The summed E-state index contributed by atoms with van der Waals surface area (Å²) >= 11 is 1.81. The van der Waals surface area contributed by atoms with Gasteiger partial charge in [0.15, 0.2) is 0 Å². The van der Waals surface area contributed by atoms with E-state index in [0.29, 0.717) is 13.1 Å². The lowest BCUT2D eigenvalue weighted by molar-refractivity contribution is -0.117. The van der Waals surface area contributed by atoms with Crippen LogP contribution >= 0.6 is 11.8 Å². The molecule has 1 heterocycles. The van der Waals surface area contributed by atoms with E-state index < -0.39 is 0 Å². The molecule has 90 valence electrons. The van der Waals surface area contributed by atoms with Gasteiger partial charge in [-0.1, -0.05) is 18.2 Å². The van der Waals surface area contributed by atoms with Crippen LogP contribution in [0.1, 0.15) is 0 Å². The third kappa shape index (κ3) is 2.90. The number of anilines is 1. The number of benzene rings is 1. The minimum atomic E-state index is 0.125. The minimum absolute atomic E-state index is 0.125. The van der Waals surface area contributed by atoms with Crippen molar-refractivity contribution >= 4 is 23.4 Å². The smallest absolute Gasteiger partial charge is 0.241 e. The summed E-state index contributed by atoms with van der Waals surface area (Å²) in [7, 11) is 0. The van der Waals surface area contributed by atoms with Gasteiger partial charge in [0, 0.05) is 23.7 Å². The van der Waals surface area contributed by atoms with Crippen LogP contribution in [-0.4, -0.2) is 31.3 Å². The molecular weight excluding hydrogens is 232 g/mol. The number of thioether (sulfide) groups is 1. The molecule has 1 N–H and O–H groups in total. The molecule has 0 atom stereocenters. The first-order chi connectivity index (χ1) is 8.33. The first kappa shape index (κ1) is 12.2. The molecule has 0 fully saturated rings. The van der Waals surface area contributed by atoms with Gasteiger partial charge < -0.3 is 10.2 Å². The third-order valence-electron chi connectivity index (χ3n) is 2.59. The Morgan fingerprint density at radius 1 is 1.53 bits per heavy atom. The van der Waals surface area contributed by atoms with Crippen LogP contribution in [0, 0.1) is 0 Å². The number of hydrogen-bond acceptors (Lipinski definition) is 3. The van der Waals surface area contributed by atoms with Crippen molar-refractivity contribution in [3.8, 4) is 0 Å². The molecular formula is C13H16N2OS. The standard InChI is InChI=1S/C13H16N2OS/c1-2-7-14-10-13(16)15-8-9-17-12-6-4-3-5-11(12)15/h2-6,14H,1,7-10H2. The molecule has 0 saturated carbocycles. The van der Waals surface area contributed by atoms with Gasteiger partial charge in [0.05, 0.1) is 12.2 Å². The van der Waals surface area contributed by atoms with Crippen molar-refractivity contribution in [3.63, 3.8) is 0 Å². The van der Waals surface area contributed by atoms with Crippen molar-refractivity contribution in [1.82, 2.24) is 5.32 Å². The monoisotopic (exact) mass is 248 g/mol. The number of rotatable bonds is 4. The van der Waals surface area contributed by atoms with Crippen LogP contribution in [0.25, 0.3) is 0 Å². The van der Waals surface area contributed by atoms with E-state index >= 15 is 0 Å². The van der Waals surface area contributed by atoms with E-state index in [0.717, 1.165) is 18.0 Å². The Kier molecular flexibility index (Phi) is 4.23. The number of para-hydroxylation sites is 1. The molecule has 1 aromatic carbocycles. The fraction of sp³-hybridized carbons (Fsp3) is 0.308. The molecule has 0 spiro atoms. The van der Waals surface area contributed by atoms with E-state index in [1.54, 1.807) is 6.08 Å². The highest BCUT2D eigenvalue weighted by Gasteiger charge is 2.21. The number of hydrogen-bond donors (Lipinski definition) is 1. The molecule has 3 nitrogen and oxygen atoms in total. The SMILES string of the molecule is C=CCNCC(=O)N1CCSc2ccccc21. The second kappa shape index (κ2) is 5.89. The summed E-state index contributed by atoms with van der Waals surface area (Å²) in [5.74, 6) is 1.09. The number of fused-ring (bicyclic) bond motifs is 1. The average molecular weight is 248 g/mol.